The molecule has 0 N–H and O–H groups in total. The summed E-state index contributed by atoms with van der Waals surface area (Å²) in [6.07, 6.45) is 1.71. The van der Waals surface area contributed by atoms with Gasteiger partial charge in [-0.05, 0) is 25.1 Å². The van der Waals surface area contributed by atoms with E-state index in [0.717, 1.165) is 0 Å². The number of aromatic nitrogens is 1. The van der Waals surface area contributed by atoms with Crippen LogP contribution in [0.1, 0.15) is 5.56 Å². The van der Waals surface area contributed by atoms with Gasteiger partial charge in [-0.2, -0.15) is 0 Å². The molecule has 0 aliphatic heterocycles. The van der Waals surface area contributed by atoms with Crippen molar-refractivity contribution in [1.82, 2.24) is 4.57 Å². The molecular formula is C11H10FNOV. The predicted octanol–water partition coefficient (Wildman–Crippen LogP) is 1.98. The van der Waals surface area contributed by atoms with Crippen LogP contribution < -0.4 is 5.43 Å². The maximum Gasteiger partial charge on any atom is 0.192 e. The first-order valence-electron chi connectivity index (χ1n) is 4.35. The van der Waals surface area contributed by atoms with Gasteiger partial charge in [0.05, 0.1) is 5.52 Å². The summed E-state index contributed by atoms with van der Waals surface area (Å²) in [6, 6.07) is 4.21. The van der Waals surface area contributed by atoms with Gasteiger partial charge in [0.25, 0.3) is 0 Å². The minimum Gasteiger partial charge on any atom is -0.350 e. The molecule has 0 atom stereocenters. The summed E-state index contributed by atoms with van der Waals surface area (Å²) in [5, 5.41) is 0.564. The molecule has 15 heavy (non-hydrogen) atoms. The Bertz CT molecular complexity index is 562. The van der Waals surface area contributed by atoms with Crippen molar-refractivity contribution in [2.24, 2.45) is 7.05 Å². The van der Waals surface area contributed by atoms with Crippen molar-refractivity contribution in [3.8, 4) is 0 Å². The number of fused-ring (bicyclic) bond motifs is 1. The van der Waals surface area contributed by atoms with E-state index in [1.165, 1.54) is 18.2 Å². The summed E-state index contributed by atoms with van der Waals surface area (Å²) in [6.45, 7) is 1.76. The van der Waals surface area contributed by atoms with Crippen LogP contribution in [0.4, 0.5) is 4.39 Å². The van der Waals surface area contributed by atoms with E-state index >= 15 is 0 Å². The first-order valence-corrected chi connectivity index (χ1v) is 4.35. The van der Waals surface area contributed by atoms with E-state index < -0.39 is 0 Å². The molecule has 1 radical (unpaired) electrons. The van der Waals surface area contributed by atoms with Crippen molar-refractivity contribution in [3.05, 3.63) is 46.0 Å². The zero-order valence-corrected chi connectivity index (χ0v) is 9.89. The fraction of sp³-hybridized carbons (Fsp3) is 0.182. The van der Waals surface area contributed by atoms with E-state index in [1.807, 2.05) is 0 Å². The molecule has 0 amide bonds. The van der Waals surface area contributed by atoms with Crippen LogP contribution in [-0.2, 0) is 25.6 Å². The summed E-state index contributed by atoms with van der Waals surface area (Å²) in [5.74, 6) is -0.323. The number of hydrogen-bond donors (Lipinski definition) is 0. The summed E-state index contributed by atoms with van der Waals surface area (Å²) in [4.78, 5) is 11.7. The molecule has 0 saturated heterocycles. The Morgan fingerprint density at radius 3 is 2.67 bits per heavy atom. The van der Waals surface area contributed by atoms with Crippen molar-refractivity contribution in [2.75, 3.05) is 0 Å². The van der Waals surface area contributed by atoms with Crippen molar-refractivity contribution < 1.29 is 22.9 Å². The van der Waals surface area contributed by atoms with Gasteiger partial charge >= 0.3 is 0 Å². The first kappa shape index (κ1) is 12.0. The van der Waals surface area contributed by atoms with Gasteiger partial charge < -0.3 is 4.57 Å². The maximum absolute atomic E-state index is 12.9. The molecule has 0 aliphatic carbocycles. The number of benzene rings is 1. The van der Waals surface area contributed by atoms with Crippen molar-refractivity contribution in [3.63, 3.8) is 0 Å². The Kier molecular flexibility index (Phi) is 3.37. The van der Waals surface area contributed by atoms with Gasteiger partial charge in [0.2, 0.25) is 0 Å². The Morgan fingerprint density at radius 2 is 2.00 bits per heavy atom. The second-order valence-electron chi connectivity index (χ2n) is 3.41. The standard InChI is InChI=1S/C11H10FNO.V/c1-7-6-13(2)10-5-8(12)3-4-9(10)11(7)14;/h3-6H,1-2H3;. The zero-order valence-electron chi connectivity index (χ0n) is 8.49. The number of rotatable bonds is 0. The van der Waals surface area contributed by atoms with Crippen molar-refractivity contribution in [2.45, 2.75) is 6.92 Å². The number of pyridine rings is 1. The van der Waals surface area contributed by atoms with Gasteiger partial charge in [0.15, 0.2) is 5.43 Å². The molecule has 1 heterocycles. The molecule has 1 aromatic heterocycles. The topological polar surface area (TPSA) is 22.0 Å². The number of hydrogen-bond acceptors (Lipinski definition) is 1. The molecule has 2 nitrogen and oxygen atoms in total. The first-order chi connectivity index (χ1) is 6.59. The summed E-state index contributed by atoms with van der Waals surface area (Å²) in [5.41, 5.74) is 1.27. The molecule has 0 saturated carbocycles. The third-order valence-electron chi connectivity index (χ3n) is 2.33. The van der Waals surface area contributed by atoms with Gasteiger partial charge in [-0.25, -0.2) is 4.39 Å². The van der Waals surface area contributed by atoms with E-state index in [2.05, 4.69) is 0 Å². The van der Waals surface area contributed by atoms with Crippen molar-refractivity contribution >= 4 is 10.9 Å². The van der Waals surface area contributed by atoms with E-state index in [1.54, 1.807) is 24.7 Å². The zero-order chi connectivity index (χ0) is 10.3. The molecule has 0 bridgehead atoms. The van der Waals surface area contributed by atoms with Crippen molar-refractivity contribution in [1.29, 1.82) is 0 Å². The van der Waals surface area contributed by atoms with Gasteiger partial charge in [-0.1, -0.05) is 0 Å². The Balaban J connectivity index is 0.00000112. The third kappa shape index (κ3) is 1.99. The molecule has 2 aromatic rings. The van der Waals surface area contributed by atoms with Crippen LogP contribution >= 0.6 is 0 Å². The Labute approximate surface area is 98.6 Å². The van der Waals surface area contributed by atoms with E-state index in [4.69, 9.17) is 0 Å². The number of aryl methyl sites for hydroxylation is 2. The van der Waals surface area contributed by atoms with Gasteiger partial charge in [0, 0.05) is 42.7 Å². The summed E-state index contributed by atoms with van der Waals surface area (Å²) < 4.78 is 14.7. The van der Waals surface area contributed by atoms with E-state index in [-0.39, 0.29) is 29.8 Å². The third-order valence-corrected chi connectivity index (χ3v) is 2.33. The largest absolute Gasteiger partial charge is 0.350 e. The molecule has 2 rings (SSSR count). The quantitative estimate of drug-likeness (QED) is 0.692. The normalized spacial score (nSPS) is 10.1. The molecular weight excluding hydrogens is 232 g/mol. The van der Waals surface area contributed by atoms with E-state index in [9.17, 15) is 9.18 Å². The average Bonchev–Trinajstić information content (AvgIpc) is 2.14. The summed E-state index contributed by atoms with van der Waals surface area (Å²) in [7, 11) is 1.80. The van der Waals surface area contributed by atoms with Crippen LogP contribution in [0.3, 0.4) is 0 Å². The van der Waals surface area contributed by atoms with Crippen LogP contribution in [0.2, 0.25) is 0 Å². The molecule has 1 aromatic carbocycles. The Morgan fingerprint density at radius 1 is 1.33 bits per heavy atom. The fourth-order valence-electron chi connectivity index (χ4n) is 1.62. The molecule has 0 fully saturated rings. The molecule has 0 spiro atoms. The van der Waals surface area contributed by atoms with Crippen LogP contribution in [0, 0.1) is 12.7 Å². The van der Waals surface area contributed by atoms with Crippen LogP contribution in [-0.4, -0.2) is 4.57 Å². The number of nitrogens with zero attached hydrogens (tertiary/aromatic N) is 1. The van der Waals surface area contributed by atoms with Gasteiger partial charge in [-0.15, -0.1) is 0 Å². The molecule has 0 aliphatic rings. The second-order valence-corrected chi connectivity index (χ2v) is 3.41. The van der Waals surface area contributed by atoms with Crippen LogP contribution in [0.15, 0.2) is 29.2 Å². The second kappa shape index (κ2) is 4.21. The monoisotopic (exact) mass is 242 g/mol. The fourth-order valence-corrected chi connectivity index (χ4v) is 1.62. The molecule has 77 valence electrons. The average molecular weight is 242 g/mol. The minimum atomic E-state index is -0.323. The predicted molar refractivity (Wildman–Crippen MR) is 53.9 cm³/mol. The van der Waals surface area contributed by atoms with E-state index in [0.29, 0.717) is 16.5 Å². The van der Waals surface area contributed by atoms with Crippen LogP contribution in [0.25, 0.3) is 10.9 Å². The maximum atomic E-state index is 12.9. The number of halogens is 1. The summed E-state index contributed by atoms with van der Waals surface area (Å²) >= 11 is 0. The van der Waals surface area contributed by atoms with Gasteiger partial charge in [0.1, 0.15) is 5.82 Å². The molecule has 0 unspecified atom stereocenters. The Hall–Kier alpha value is -1.06. The smallest absolute Gasteiger partial charge is 0.192 e. The molecule has 4 heteroatoms. The van der Waals surface area contributed by atoms with Gasteiger partial charge in [-0.3, -0.25) is 4.79 Å². The minimum absolute atomic E-state index is 0. The SMILES string of the molecule is Cc1cn(C)c2cc(F)ccc2c1=O.[V]. The van der Waals surface area contributed by atoms with Crippen LogP contribution in [0.5, 0.6) is 0 Å².